The summed E-state index contributed by atoms with van der Waals surface area (Å²) < 4.78 is 1.26. The van der Waals surface area contributed by atoms with Crippen molar-refractivity contribution in [2.75, 3.05) is 5.75 Å². The zero-order valence-corrected chi connectivity index (χ0v) is 12.7. The third-order valence-corrected chi connectivity index (χ3v) is 4.67. The lowest BCUT2D eigenvalue weighted by Crippen LogP contribution is -1.93. The maximum absolute atomic E-state index is 4.85. The van der Waals surface area contributed by atoms with Crippen molar-refractivity contribution in [1.29, 1.82) is 0 Å². The summed E-state index contributed by atoms with van der Waals surface area (Å²) in [5.41, 5.74) is 2.55. The molecule has 0 amide bonds. The Labute approximate surface area is 125 Å². The summed E-state index contributed by atoms with van der Waals surface area (Å²) in [6.45, 7) is 0. The van der Waals surface area contributed by atoms with Crippen molar-refractivity contribution >= 4 is 39.4 Å². The first-order valence-corrected chi connectivity index (χ1v) is 7.91. The molecule has 0 aromatic heterocycles. The topological polar surface area (TPSA) is 12.4 Å². The van der Waals surface area contributed by atoms with Gasteiger partial charge in [0.05, 0.1) is 11.1 Å². The van der Waals surface area contributed by atoms with Gasteiger partial charge in [-0.15, -0.1) is 11.8 Å². The molecule has 0 radical (unpaired) electrons. The molecular formula is C15H12INS. The van der Waals surface area contributed by atoms with E-state index < -0.39 is 0 Å². The van der Waals surface area contributed by atoms with Crippen molar-refractivity contribution in [2.45, 2.75) is 6.04 Å². The van der Waals surface area contributed by atoms with Gasteiger partial charge in [-0.1, -0.05) is 42.5 Å². The molecule has 1 heterocycles. The number of aliphatic imine (C=N–C) groups is 1. The Balaban J connectivity index is 1.88. The van der Waals surface area contributed by atoms with Crippen LogP contribution >= 0.6 is 34.4 Å². The van der Waals surface area contributed by atoms with Crippen molar-refractivity contribution in [3.63, 3.8) is 0 Å². The van der Waals surface area contributed by atoms with Crippen molar-refractivity contribution in [2.24, 2.45) is 4.99 Å². The number of halogens is 1. The van der Waals surface area contributed by atoms with E-state index in [2.05, 4.69) is 77.2 Å². The van der Waals surface area contributed by atoms with E-state index in [0.717, 1.165) is 5.75 Å². The number of thioether (sulfide) groups is 1. The van der Waals surface area contributed by atoms with Gasteiger partial charge in [0, 0.05) is 14.9 Å². The maximum atomic E-state index is 4.85. The molecule has 1 atom stereocenters. The summed E-state index contributed by atoms with van der Waals surface area (Å²) in [6.07, 6.45) is 0. The minimum Gasteiger partial charge on any atom is -0.269 e. The standard InChI is InChI=1S/C15H12INS/c16-13-8-4-7-12(9-13)15-17-14(10-18-15)11-5-2-1-3-6-11/h1-9,14H,10H2/t14-/m0/s1. The van der Waals surface area contributed by atoms with Gasteiger partial charge in [0.15, 0.2) is 0 Å². The molecule has 3 rings (SSSR count). The fourth-order valence-corrected chi connectivity index (χ4v) is 3.62. The largest absolute Gasteiger partial charge is 0.269 e. The van der Waals surface area contributed by atoms with E-state index in [1.165, 1.54) is 19.7 Å². The molecule has 0 aliphatic carbocycles. The summed E-state index contributed by atoms with van der Waals surface area (Å²) in [4.78, 5) is 4.85. The molecule has 2 aromatic carbocycles. The van der Waals surface area contributed by atoms with Crippen molar-refractivity contribution in [3.8, 4) is 0 Å². The molecule has 1 nitrogen and oxygen atoms in total. The number of benzene rings is 2. The molecule has 1 aliphatic rings. The molecule has 3 heteroatoms. The lowest BCUT2D eigenvalue weighted by molar-refractivity contribution is 0.850. The van der Waals surface area contributed by atoms with Crippen LogP contribution in [0.1, 0.15) is 17.2 Å². The molecule has 0 fully saturated rings. The molecule has 90 valence electrons. The Kier molecular flexibility index (Phi) is 3.70. The van der Waals surface area contributed by atoms with E-state index in [1.54, 1.807) is 0 Å². The van der Waals surface area contributed by atoms with Crippen LogP contribution in [0.15, 0.2) is 59.6 Å². The summed E-state index contributed by atoms with van der Waals surface area (Å²) >= 11 is 4.20. The maximum Gasteiger partial charge on any atom is 0.0986 e. The van der Waals surface area contributed by atoms with E-state index in [-0.39, 0.29) is 0 Å². The Hall–Kier alpha value is -0.810. The average molecular weight is 365 g/mol. The molecular weight excluding hydrogens is 353 g/mol. The van der Waals surface area contributed by atoms with Gasteiger partial charge in [-0.2, -0.15) is 0 Å². The Morgan fingerprint density at radius 3 is 2.67 bits per heavy atom. The normalized spacial score (nSPS) is 18.7. The highest BCUT2D eigenvalue weighted by Crippen LogP contribution is 2.33. The SMILES string of the molecule is Ic1cccc(C2=N[C@H](c3ccccc3)CS2)c1. The first kappa shape index (κ1) is 12.2. The number of hydrogen-bond donors (Lipinski definition) is 0. The van der Waals surface area contributed by atoms with Gasteiger partial charge in [-0.25, -0.2) is 0 Å². The number of nitrogens with zero attached hydrogens (tertiary/aromatic N) is 1. The third kappa shape index (κ3) is 2.62. The minimum atomic E-state index is 0.309. The summed E-state index contributed by atoms with van der Waals surface area (Å²) in [7, 11) is 0. The van der Waals surface area contributed by atoms with E-state index in [1.807, 2.05) is 11.8 Å². The van der Waals surface area contributed by atoms with Gasteiger partial charge >= 0.3 is 0 Å². The van der Waals surface area contributed by atoms with Crippen LogP contribution in [-0.2, 0) is 0 Å². The van der Waals surface area contributed by atoms with Crippen LogP contribution in [0.2, 0.25) is 0 Å². The van der Waals surface area contributed by atoms with Gasteiger partial charge in [-0.3, -0.25) is 4.99 Å². The highest BCUT2D eigenvalue weighted by atomic mass is 127. The Bertz CT molecular complexity index is 580. The van der Waals surface area contributed by atoms with Crippen molar-refractivity contribution < 1.29 is 0 Å². The second-order valence-electron chi connectivity index (χ2n) is 4.18. The van der Waals surface area contributed by atoms with E-state index in [9.17, 15) is 0 Å². The molecule has 18 heavy (non-hydrogen) atoms. The predicted octanol–water partition coefficient (Wildman–Crippen LogP) is 4.53. The lowest BCUT2D eigenvalue weighted by Gasteiger charge is -2.04. The van der Waals surface area contributed by atoms with Crippen LogP contribution in [0.4, 0.5) is 0 Å². The van der Waals surface area contributed by atoms with Crippen molar-refractivity contribution in [1.82, 2.24) is 0 Å². The highest BCUT2D eigenvalue weighted by molar-refractivity contribution is 14.1. The average Bonchev–Trinajstić information content (AvgIpc) is 2.89. The minimum absolute atomic E-state index is 0.309. The zero-order chi connectivity index (χ0) is 12.4. The smallest absolute Gasteiger partial charge is 0.0986 e. The van der Waals surface area contributed by atoms with Crippen LogP contribution < -0.4 is 0 Å². The number of hydrogen-bond acceptors (Lipinski definition) is 2. The molecule has 0 spiro atoms. The predicted molar refractivity (Wildman–Crippen MR) is 87.3 cm³/mol. The molecule has 1 aliphatic heterocycles. The lowest BCUT2D eigenvalue weighted by atomic mass is 10.1. The quantitative estimate of drug-likeness (QED) is 0.713. The van der Waals surface area contributed by atoms with Crippen LogP contribution in [0.3, 0.4) is 0 Å². The molecule has 0 unspecified atom stereocenters. The fourth-order valence-electron chi connectivity index (χ4n) is 2.00. The third-order valence-electron chi connectivity index (χ3n) is 2.91. The first-order valence-electron chi connectivity index (χ1n) is 5.84. The summed E-state index contributed by atoms with van der Waals surface area (Å²) in [6, 6.07) is 19.4. The van der Waals surface area contributed by atoms with Crippen LogP contribution in [0.5, 0.6) is 0 Å². The fraction of sp³-hybridized carbons (Fsp3) is 0.133. The molecule has 0 saturated heterocycles. The van der Waals surface area contributed by atoms with Gasteiger partial charge in [0.2, 0.25) is 0 Å². The molecule has 2 aromatic rings. The summed E-state index contributed by atoms with van der Waals surface area (Å²) in [5, 5.41) is 1.17. The highest BCUT2D eigenvalue weighted by Gasteiger charge is 2.20. The molecule has 0 saturated carbocycles. The van der Waals surface area contributed by atoms with Gasteiger partial charge < -0.3 is 0 Å². The van der Waals surface area contributed by atoms with E-state index in [4.69, 9.17) is 4.99 Å². The summed E-state index contributed by atoms with van der Waals surface area (Å²) in [5.74, 6) is 1.05. The van der Waals surface area contributed by atoms with Crippen molar-refractivity contribution in [3.05, 3.63) is 69.3 Å². The Morgan fingerprint density at radius 2 is 1.89 bits per heavy atom. The Morgan fingerprint density at radius 1 is 1.06 bits per heavy atom. The van der Waals surface area contributed by atoms with Gasteiger partial charge in [-0.05, 0) is 40.3 Å². The second-order valence-corrected chi connectivity index (χ2v) is 6.44. The van der Waals surface area contributed by atoms with Crippen LogP contribution in [0.25, 0.3) is 0 Å². The van der Waals surface area contributed by atoms with Crippen LogP contribution in [-0.4, -0.2) is 10.8 Å². The zero-order valence-electron chi connectivity index (χ0n) is 9.71. The monoisotopic (exact) mass is 365 g/mol. The van der Waals surface area contributed by atoms with Gasteiger partial charge in [0.1, 0.15) is 0 Å². The van der Waals surface area contributed by atoms with E-state index in [0.29, 0.717) is 6.04 Å². The van der Waals surface area contributed by atoms with Gasteiger partial charge in [0.25, 0.3) is 0 Å². The van der Waals surface area contributed by atoms with E-state index >= 15 is 0 Å². The second kappa shape index (κ2) is 5.45. The first-order chi connectivity index (χ1) is 8.83. The molecule has 0 N–H and O–H groups in total. The molecule has 0 bridgehead atoms. The number of rotatable bonds is 2. The van der Waals surface area contributed by atoms with Crippen LogP contribution in [0, 0.1) is 3.57 Å².